The maximum atomic E-state index is 13.1. The van der Waals surface area contributed by atoms with Gasteiger partial charge in [-0.25, -0.2) is 9.78 Å². The number of carbonyl (C=O) groups is 1. The number of carbonyl (C=O) groups excluding carboxylic acids is 1. The smallest absolute Gasteiger partial charge is 0.329 e. The van der Waals surface area contributed by atoms with E-state index in [4.69, 9.17) is 0 Å². The van der Waals surface area contributed by atoms with Crippen molar-refractivity contribution in [3.63, 3.8) is 0 Å². The molecule has 2 aromatic heterocycles. The molecule has 3 saturated carbocycles. The van der Waals surface area contributed by atoms with Gasteiger partial charge in [0.1, 0.15) is 0 Å². The van der Waals surface area contributed by atoms with Crippen LogP contribution in [0.15, 0.2) is 15.7 Å². The van der Waals surface area contributed by atoms with E-state index < -0.39 is 11.2 Å². The standard InChI is InChI=1S/C23H30N4O3/c1-2-9-27-20-19(22(29)26-23(27)30)17(12-18(25-20)14-5-6-14)21(28)24-8-7-16-11-13-3-4-15(16)10-13/h12-16H,2-11H2,1H3,(H,24,28)(H,26,29,30). The van der Waals surface area contributed by atoms with Crippen molar-refractivity contribution < 1.29 is 4.79 Å². The molecule has 3 unspecified atom stereocenters. The summed E-state index contributed by atoms with van der Waals surface area (Å²) < 4.78 is 1.49. The first-order valence-corrected chi connectivity index (χ1v) is 11.5. The number of aryl methyl sites for hydroxylation is 1. The molecule has 0 spiro atoms. The van der Waals surface area contributed by atoms with E-state index in [1.807, 2.05) is 6.92 Å². The van der Waals surface area contributed by atoms with Gasteiger partial charge in [-0.1, -0.05) is 13.3 Å². The lowest BCUT2D eigenvalue weighted by Crippen LogP contribution is -2.34. The van der Waals surface area contributed by atoms with Crippen molar-refractivity contribution in [3.05, 3.63) is 38.2 Å². The number of aromatic nitrogens is 3. The Morgan fingerprint density at radius 1 is 1.23 bits per heavy atom. The van der Waals surface area contributed by atoms with Gasteiger partial charge in [-0.3, -0.25) is 19.1 Å². The summed E-state index contributed by atoms with van der Waals surface area (Å²) in [5.41, 5.74) is 0.512. The normalized spacial score (nSPS) is 25.2. The third-order valence-corrected chi connectivity index (χ3v) is 7.34. The molecule has 160 valence electrons. The molecule has 7 nitrogen and oxygen atoms in total. The maximum Gasteiger partial charge on any atom is 0.329 e. The second kappa shape index (κ2) is 7.67. The number of nitrogens with one attached hydrogen (secondary N) is 2. The molecule has 3 aliphatic carbocycles. The molecule has 2 heterocycles. The second-order valence-corrected chi connectivity index (χ2v) is 9.46. The van der Waals surface area contributed by atoms with E-state index >= 15 is 0 Å². The van der Waals surface area contributed by atoms with E-state index in [1.165, 1.54) is 30.3 Å². The first-order chi connectivity index (χ1) is 14.5. The van der Waals surface area contributed by atoms with Crippen LogP contribution in [0.2, 0.25) is 0 Å². The summed E-state index contributed by atoms with van der Waals surface area (Å²) >= 11 is 0. The van der Waals surface area contributed by atoms with Crippen LogP contribution in [-0.2, 0) is 6.54 Å². The van der Waals surface area contributed by atoms with Crippen molar-refractivity contribution >= 4 is 16.9 Å². The minimum atomic E-state index is -0.532. The van der Waals surface area contributed by atoms with Crippen molar-refractivity contribution in [3.8, 4) is 0 Å². The van der Waals surface area contributed by atoms with Gasteiger partial charge in [-0.05, 0) is 68.8 Å². The van der Waals surface area contributed by atoms with Crippen LogP contribution >= 0.6 is 0 Å². The summed E-state index contributed by atoms with van der Waals surface area (Å²) in [6.07, 6.45) is 9.19. The highest BCUT2D eigenvalue weighted by Gasteiger charge is 2.39. The van der Waals surface area contributed by atoms with E-state index in [2.05, 4.69) is 15.3 Å². The first kappa shape index (κ1) is 19.5. The predicted octanol–water partition coefficient (Wildman–Crippen LogP) is 2.93. The number of hydrogen-bond donors (Lipinski definition) is 2. The van der Waals surface area contributed by atoms with Gasteiger partial charge in [0.15, 0.2) is 5.65 Å². The highest BCUT2D eigenvalue weighted by molar-refractivity contribution is 6.05. The van der Waals surface area contributed by atoms with Gasteiger partial charge in [0.25, 0.3) is 11.5 Å². The molecule has 3 fully saturated rings. The number of nitrogens with zero attached hydrogens (tertiary/aromatic N) is 2. The zero-order valence-corrected chi connectivity index (χ0v) is 17.6. The van der Waals surface area contributed by atoms with Crippen molar-refractivity contribution in [2.75, 3.05) is 6.54 Å². The third-order valence-electron chi connectivity index (χ3n) is 7.34. The Hall–Kier alpha value is -2.44. The van der Waals surface area contributed by atoms with Crippen molar-refractivity contribution in [1.29, 1.82) is 0 Å². The number of hydrogen-bond acceptors (Lipinski definition) is 4. The molecule has 0 aliphatic heterocycles. The van der Waals surface area contributed by atoms with Crippen molar-refractivity contribution in [2.45, 2.75) is 70.8 Å². The Balaban J connectivity index is 1.44. The fourth-order valence-electron chi connectivity index (χ4n) is 5.69. The number of H-pyrrole nitrogens is 1. The summed E-state index contributed by atoms with van der Waals surface area (Å²) in [4.78, 5) is 45.2. The van der Waals surface area contributed by atoms with Crippen LogP contribution in [0.25, 0.3) is 11.0 Å². The predicted molar refractivity (Wildman–Crippen MR) is 115 cm³/mol. The molecule has 7 heteroatoms. The highest BCUT2D eigenvalue weighted by Crippen LogP contribution is 2.49. The Morgan fingerprint density at radius 3 is 2.73 bits per heavy atom. The van der Waals surface area contributed by atoms with Crippen LogP contribution < -0.4 is 16.6 Å². The molecule has 1 amide bonds. The van der Waals surface area contributed by atoms with Crippen molar-refractivity contribution in [2.24, 2.45) is 17.8 Å². The van der Waals surface area contributed by atoms with Gasteiger partial charge in [-0.2, -0.15) is 0 Å². The summed E-state index contributed by atoms with van der Waals surface area (Å²) in [6, 6.07) is 1.77. The number of rotatable bonds is 7. The van der Waals surface area contributed by atoms with E-state index in [9.17, 15) is 14.4 Å². The number of aromatic amines is 1. The monoisotopic (exact) mass is 410 g/mol. The Kier molecular flexibility index (Phi) is 4.99. The van der Waals surface area contributed by atoms with Crippen LogP contribution in [0.3, 0.4) is 0 Å². The van der Waals surface area contributed by atoms with E-state index in [-0.39, 0.29) is 11.3 Å². The second-order valence-electron chi connectivity index (χ2n) is 9.46. The SMILES string of the molecule is CCCn1c(=O)[nH]c(=O)c2c(C(=O)NCCC3CC4CCC3C4)cc(C3CC3)nc21. The van der Waals surface area contributed by atoms with Gasteiger partial charge in [-0.15, -0.1) is 0 Å². The van der Waals surface area contributed by atoms with E-state index in [0.29, 0.717) is 30.2 Å². The lowest BCUT2D eigenvalue weighted by atomic mass is 9.86. The van der Waals surface area contributed by atoms with Gasteiger partial charge in [0, 0.05) is 24.7 Å². The minimum absolute atomic E-state index is 0.227. The third kappa shape index (κ3) is 3.48. The summed E-state index contributed by atoms with van der Waals surface area (Å²) in [6.45, 7) is 3.05. The average Bonchev–Trinajstić information content (AvgIpc) is 3.38. The lowest BCUT2D eigenvalue weighted by Gasteiger charge is -2.21. The van der Waals surface area contributed by atoms with Crippen LogP contribution in [0.5, 0.6) is 0 Å². The molecular weight excluding hydrogens is 380 g/mol. The lowest BCUT2D eigenvalue weighted by molar-refractivity contribution is 0.0951. The van der Waals surface area contributed by atoms with Gasteiger partial charge in [0.05, 0.1) is 10.9 Å². The molecule has 2 N–H and O–H groups in total. The van der Waals surface area contributed by atoms with Gasteiger partial charge >= 0.3 is 5.69 Å². The Labute approximate surface area is 175 Å². The molecule has 2 bridgehead atoms. The molecule has 5 rings (SSSR count). The quantitative estimate of drug-likeness (QED) is 0.733. The molecule has 0 radical (unpaired) electrons. The van der Waals surface area contributed by atoms with Crippen LogP contribution in [0.1, 0.15) is 80.3 Å². The molecule has 30 heavy (non-hydrogen) atoms. The van der Waals surface area contributed by atoms with Crippen LogP contribution in [0.4, 0.5) is 0 Å². The largest absolute Gasteiger partial charge is 0.352 e. The summed E-state index contributed by atoms with van der Waals surface area (Å²) in [5.74, 6) is 2.54. The van der Waals surface area contributed by atoms with Gasteiger partial charge in [0.2, 0.25) is 0 Å². The minimum Gasteiger partial charge on any atom is -0.352 e. The molecular formula is C23H30N4O3. The van der Waals surface area contributed by atoms with Gasteiger partial charge < -0.3 is 5.32 Å². The fraction of sp³-hybridized carbons (Fsp3) is 0.652. The molecule has 0 saturated heterocycles. The first-order valence-electron chi connectivity index (χ1n) is 11.5. The summed E-state index contributed by atoms with van der Waals surface area (Å²) in [5, 5.41) is 3.28. The van der Waals surface area contributed by atoms with E-state index in [1.54, 1.807) is 6.07 Å². The number of fused-ring (bicyclic) bond motifs is 3. The van der Waals surface area contributed by atoms with E-state index in [0.717, 1.165) is 49.1 Å². The fourth-order valence-corrected chi connectivity index (χ4v) is 5.69. The summed E-state index contributed by atoms with van der Waals surface area (Å²) in [7, 11) is 0. The molecule has 2 aromatic rings. The maximum absolute atomic E-state index is 13.1. The van der Waals surface area contributed by atoms with Crippen LogP contribution in [-0.4, -0.2) is 27.0 Å². The molecule has 3 atom stereocenters. The Bertz CT molecular complexity index is 1100. The Morgan fingerprint density at radius 2 is 2.07 bits per heavy atom. The van der Waals surface area contributed by atoms with Crippen molar-refractivity contribution in [1.82, 2.24) is 19.9 Å². The molecule has 0 aromatic carbocycles. The number of amides is 1. The van der Waals surface area contributed by atoms with Crippen LogP contribution in [0, 0.1) is 17.8 Å². The zero-order valence-electron chi connectivity index (χ0n) is 17.6. The average molecular weight is 411 g/mol. The number of pyridine rings is 1. The highest BCUT2D eigenvalue weighted by atomic mass is 16.2. The topological polar surface area (TPSA) is 96.9 Å². The zero-order chi connectivity index (χ0) is 20.8. The molecule has 3 aliphatic rings.